The molecule has 0 heterocycles. The molecule has 0 aliphatic heterocycles. The van der Waals surface area contributed by atoms with Crippen LogP contribution in [0.2, 0.25) is 0 Å². The minimum Gasteiger partial charge on any atom is -0.504 e. The highest BCUT2D eigenvalue weighted by atomic mass is 16.3. The minimum atomic E-state index is -0.0602. The van der Waals surface area contributed by atoms with Crippen LogP contribution in [0, 0.1) is 18.3 Å². The topological polar surface area (TPSA) is 40.5 Å². The number of hydrogen-bond donors (Lipinski definition) is 2. The van der Waals surface area contributed by atoms with E-state index in [9.17, 15) is 0 Å². The van der Waals surface area contributed by atoms with Crippen molar-refractivity contribution in [3.05, 3.63) is 23.8 Å². The standard InChI is InChI=1S/C16H30.C7H8O2/c1-2-16(13-9-5-6-10-14-16)15-11-7-3-4-8-12-15;1-5-3-2-4-6(8)7(5)9/h15H,2-14H2,1H3;2-4,8-9H,1H3. The Morgan fingerprint density at radius 2 is 1.44 bits per heavy atom. The zero-order valence-electron chi connectivity index (χ0n) is 16.4. The van der Waals surface area contributed by atoms with Crippen LogP contribution in [0.15, 0.2) is 18.2 Å². The van der Waals surface area contributed by atoms with Gasteiger partial charge in [-0.2, -0.15) is 0 Å². The smallest absolute Gasteiger partial charge is 0.160 e. The second-order valence-corrected chi connectivity index (χ2v) is 8.26. The summed E-state index contributed by atoms with van der Waals surface area (Å²) in [6.07, 6.45) is 19.8. The van der Waals surface area contributed by atoms with E-state index in [1.165, 1.54) is 63.9 Å². The fraction of sp³-hybridized carbons (Fsp3) is 0.739. The predicted molar refractivity (Wildman–Crippen MR) is 106 cm³/mol. The summed E-state index contributed by atoms with van der Waals surface area (Å²) in [6, 6.07) is 4.86. The molecule has 2 N–H and O–H groups in total. The molecule has 142 valence electrons. The Morgan fingerprint density at radius 1 is 0.880 bits per heavy atom. The van der Waals surface area contributed by atoms with Gasteiger partial charge in [-0.15, -0.1) is 0 Å². The van der Waals surface area contributed by atoms with Gasteiger partial charge in [0, 0.05) is 0 Å². The number of para-hydroxylation sites is 1. The van der Waals surface area contributed by atoms with Gasteiger partial charge in [0.1, 0.15) is 0 Å². The van der Waals surface area contributed by atoms with Crippen molar-refractivity contribution in [1.82, 2.24) is 0 Å². The molecular weight excluding hydrogens is 308 g/mol. The molecule has 0 amide bonds. The molecule has 2 heteroatoms. The van der Waals surface area contributed by atoms with Crippen LogP contribution in [0.25, 0.3) is 0 Å². The Hall–Kier alpha value is -1.18. The van der Waals surface area contributed by atoms with E-state index in [1.807, 2.05) is 0 Å². The van der Waals surface area contributed by atoms with Gasteiger partial charge < -0.3 is 10.2 Å². The molecule has 2 nitrogen and oxygen atoms in total. The summed E-state index contributed by atoms with van der Waals surface area (Å²) in [5.74, 6) is 0.991. The summed E-state index contributed by atoms with van der Waals surface area (Å²) in [5.41, 5.74) is 1.45. The van der Waals surface area contributed by atoms with Crippen LogP contribution in [0.4, 0.5) is 0 Å². The van der Waals surface area contributed by atoms with Crippen LogP contribution in [-0.2, 0) is 0 Å². The van der Waals surface area contributed by atoms with Crippen molar-refractivity contribution >= 4 is 0 Å². The average Bonchev–Trinajstić information content (AvgIpc) is 3.03. The third kappa shape index (κ3) is 5.66. The fourth-order valence-corrected chi connectivity index (χ4v) is 5.02. The van der Waals surface area contributed by atoms with Gasteiger partial charge in [-0.25, -0.2) is 0 Å². The molecule has 2 aliphatic rings. The molecule has 0 spiro atoms. The van der Waals surface area contributed by atoms with E-state index in [0.717, 1.165) is 11.3 Å². The Balaban J connectivity index is 0.000000212. The molecule has 25 heavy (non-hydrogen) atoms. The summed E-state index contributed by atoms with van der Waals surface area (Å²) < 4.78 is 0. The van der Waals surface area contributed by atoms with Gasteiger partial charge in [0.15, 0.2) is 11.5 Å². The highest BCUT2D eigenvalue weighted by Gasteiger charge is 2.36. The number of aromatic hydroxyl groups is 2. The first-order chi connectivity index (χ1) is 12.1. The SMILES string of the molecule is CCC1(C2CCCCCC2)CCCCCC1.Cc1cccc(O)c1O. The lowest BCUT2D eigenvalue weighted by molar-refractivity contribution is 0.109. The molecule has 0 atom stereocenters. The average molecular weight is 347 g/mol. The minimum absolute atomic E-state index is 0.0301. The van der Waals surface area contributed by atoms with Crippen LogP contribution in [0.5, 0.6) is 11.5 Å². The number of phenols is 2. The van der Waals surface area contributed by atoms with E-state index < -0.39 is 0 Å². The largest absolute Gasteiger partial charge is 0.504 e. The molecule has 0 saturated heterocycles. The van der Waals surface area contributed by atoms with Crippen molar-refractivity contribution in [1.29, 1.82) is 0 Å². The van der Waals surface area contributed by atoms with E-state index in [2.05, 4.69) is 6.92 Å². The van der Waals surface area contributed by atoms with Crippen molar-refractivity contribution in [2.24, 2.45) is 11.3 Å². The maximum Gasteiger partial charge on any atom is 0.160 e. The lowest BCUT2D eigenvalue weighted by Gasteiger charge is -2.40. The van der Waals surface area contributed by atoms with Gasteiger partial charge in [-0.1, -0.05) is 76.8 Å². The third-order valence-corrected chi connectivity index (χ3v) is 6.74. The summed E-state index contributed by atoms with van der Waals surface area (Å²) in [5, 5.41) is 17.8. The van der Waals surface area contributed by atoms with Gasteiger partial charge >= 0.3 is 0 Å². The lowest BCUT2D eigenvalue weighted by atomic mass is 9.65. The second kappa shape index (κ2) is 10.1. The van der Waals surface area contributed by atoms with E-state index in [0.29, 0.717) is 5.56 Å². The number of benzene rings is 1. The van der Waals surface area contributed by atoms with Crippen molar-refractivity contribution in [2.45, 2.75) is 97.3 Å². The maximum absolute atomic E-state index is 8.96. The number of rotatable bonds is 2. The van der Waals surface area contributed by atoms with Crippen LogP contribution < -0.4 is 0 Å². The molecule has 1 aromatic carbocycles. The quantitative estimate of drug-likeness (QED) is 0.442. The monoisotopic (exact) mass is 346 g/mol. The third-order valence-electron chi connectivity index (χ3n) is 6.74. The lowest BCUT2D eigenvalue weighted by Crippen LogP contribution is -2.29. The molecule has 0 unspecified atom stereocenters. The van der Waals surface area contributed by atoms with Gasteiger partial charge in [0.05, 0.1) is 0 Å². The Morgan fingerprint density at radius 3 is 1.92 bits per heavy atom. The van der Waals surface area contributed by atoms with Crippen LogP contribution in [-0.4, -0.2) is 10.2 Å². The first-order valence-corrected chi connectivity index (χ1v) is 10.6. The molecule has 2 saturated carbocycles. The van der Waals surface area contributed by atoms with E-state index in [1.54, 1.807) is 44.7 Å². The zero-order chi connectivity index (χ0) is 18.1. The van der Waals surface area contributed by atoms with E-state index in [-0.39, 0.29) is 11.5 Å². The number of hydrogen-bond acceptors (Lipinski definition) is 2. The molecule has 0 aromatic heterocycles. The molecule has 0 bridgehead atoms. The van der Waals surface area contributed by atoms with Crippen molar-refractivity contribution < 1.29 is 10.2 Å². The summed E-state index contributed by atoms with van der Waals surface area (Å²) in [4.78, 5) is 0. The van der Waals surface area contributed by atoms with Crippen molar-refractivity contribution in [3.8, 4) is 11.5 Å². The first-order valence-electron chi connectivity index (χ1n) is 10.6. The molecule has 3 rings (SSSR count). The predicted octanol–water partition coefficient (Wildman–Crippen LogP) is 7.11. The van der Waals surface area contributed by atoms with Crippen LogP contribution in [0.3, 0.4) is 0 Å². The Labute approximate surface area is 154 Å². The zero-order valence-corrected chi connectivity index (χ0v) is 16.4. The summed E-state index contributed by atoms with van der Waals surface area (Å²) in [6.45, 7) is 4.20. The van der Waals surface area contributed by atoms with Gasteiger partial charge in [0.2, 0.25) is 0 Å². The Kier molecular flexibility index (Phi) is 8.12. The first kappa shape index (κ1) is 20.1. The van der Waals surface area contributed by atoms with Crippen molar-refractivity contribution in [2.75, 3.05) is 0 Å². The van der Waals surface area contributed by atoms with E-state index >= 15 is 0 Å². The molecule has 0 radical (unpaired) electrons. The summed E-state index contributed by atoms with van der Waals surface area (Å²) in [7, 11) is 0. The highest BCUT2D eigenvalue weighted by Crippen LogP contribution is 2.48. The van der Waals surface area contributed by atoms with Gasteiger partial charge in [0.25, 0.3) is 0 Å². The normalized spacial score (nSPS) is 21.5. The number of aryl methyl sites for hydroxylation is 1. The van der Waals surface area contributed by atoms with Crippen LogP contribution in [0.1, 0.15) is 96.0 Å². The Bertz CT molecular complexity index is 473. The highest BCUT2D eigenvalue weighted by molar-refractivity contribution is 5.43. The molecule has 1 aromatic rings. The van der Waals surface area contributed by atoms with Crippen molar-refractivity contribution in [3.63, 3.8) is 0 Å². The molecule has 2 fully saturated rings. The van der Waals surface area contributed by atoms with Gasteiger partial charge in [-0.3, -0.25) is 0 Å². The van der Waals surface area contributed by atoms with Crippen LogP contribution >= 0.6 is 0 Å². The summed E-state index contributed by atoms with van der Waals surface area (Å²) >= 11 is 0. The second-order valence-electron chi connectivity index (χ2n) is 8.26. The molecular formula is C23H38O2. The maximum atomic E-state index is 8.96. The van der Waals surface area contributed by atoms with Gasteiger partial charge in [-0.05, 0) is 55.6 Å². The van der Waals surface area contributed by atoms with E-state index in [4.69, 9.17) is 10.2 Å². The fourth-order valence-electron chi connectivity index (χ4n) is 5.02. The molecule has 2 aliphatic carbocycles. The number of phenolic OH excluding ortho intramolecular Hbond substituents is 2.